The first-order valence-electron chi connectivity index (χ1n) is 2.23. The molecule has 1 heterocycles. The van der Waals surface area contributed by atoms with Gasteiger partial charge in [-0.05, 0) is 0 Å². The summed E-state index contributed by atoms with van der Waals surface area (Å²) in [6.07, 6.45) is 0. The Hall–Kier alpha value is 0.0300. The summed E-state index contributed by atoms with van der Waals surface area (Å²) in [7, 11) is 0. The molecule has 0 radical (unpaired) electrons. The van der Waals surface area contributed by atoms with Gasteiger partial charge >= 0.3 is 0 Å². The lowest BCUT2D eigenvalue weighted by atomic mass is 10.3. The third-order valence-corrected chi connectivity index (χ3v) is 1.98. The number of hydrogen-bond acceptors (Lipinski definition) is 3. The van der Waals surface area contributed by atoms with Crippen LogP contribution in [0, 0.1) is 0 Å². The van der Waals surface area contributed by atoms with Gasteiger partial charge in [-0.2, -0.15) is 5.06 Å². The number of hydroxylamine groups is 2. The third kappa shape index (κ3) is 1.05. The van der Waals surface area contributed by atoms with Gasteiger partial charge < -0.3 is 9.76 Å². The lowest BCUT2D eigenvalue weighted by Crippen LogP contribution is -2.50. The van der Waals surface area contributed by atoms with Crippen molar-refractivity contribution < 1.29 is 14.0 Å². The molecule has 0 bridgehead atoms. The molecule has 0 aromatic carbocycles. The van der Waals surface area contributed by atoms with Crippen molar-refractivity contribution in [3.63, 3.8) is 0 Å². The van der Waals surface area contributed by atoms with Crippen LogP contribution in [0.4, 0.5) is 0 Å². The second-order valence-corrected chi connectivity index (χ2v) is 2.99. The molecule has 0 aliphatic carbocycles. The van der Waals surface area contributed by atoms with Gasteiger partial charge in [0.25, 0.3) is 0 Å². The van der Waals surface area contributed by atoms with Gasteiger partial charge in [0.1, 0.15) is 0 Å². The molecule has 1 fully saturated rings. The normalized spacial score (nSPS) is 27.2. The molecular formula is C3H7NO3S. The molecule has 4 nitrogen and oxygen atoms in total. The standard InChI is InChI=1S/C3H7NO3S/c5-4-1-3(2-4)8(6)7/h3,5H,1-2H2,(H,6,7). The van der Waals surface area contributed by atoms with E-state index >= 15 is 0 Å². The molecule has 0 spiro atoms. The van der Waals surface area contributed by atoms with E-state index in [0.29, 0.717) is 13.1 Å². The summed E-state index contributed by atoms with van der Waals surface area (Å²) in [5.74, 6) is 0. The third-order valence-electron chi connectivity index (χ3n) is 1.11. The van der Waals surface area contributed by atoms with Gasteiger partial charge in [0, 0.05) is 13.1 Å². The van der Waals surface area contributed by atoms with Crippen molar-refractivity contribution >= 4 is 11.1 Å². The van der Waals surface area contributed by atoms with Crippen molar-refractivity contribution in [2.24, 2.45) is 0 Å². The second kappa shape index (κ2) is 2.10. The molecule has 0 aromatic heterocycles. The maximum absolute atomic E-state index is 10.1. The molecule has 0 amide bonds. The lowest BCUT2D eigenvalue weighted by Gasteiger charge is -2.30. The molecule has 1 rings (SSSR count). The van der Waals surface area contributed by atoms with Crippen LogP contribution in [0.2, 0.25) is 0 Å². The predicted octanol–water partition coefficient (Wildman–Crippen LogP) is -0.718. The van der Waals surface area contributed by atoms with Crippen molar-refractivity contribution in [1.82, 2.24) is 5.06 Å². The van der Waals surface area contributed by atoms with E-state index in [0.717, 1.165) is 5.06 Å². The Bertz CT molecular complexity index is 111. The minimum atomic E-state index is -1.75. The molecule has 8 heavy (non-hydrogen) atoms. The van der Waals surface area contributed by atoms with Crippen LogP contribution >= 0.6 is 0 Å². The topological polar surface area (TPSA) is 60.8 Å². The maximum atomic E-state index is 10.1. The Balaban J connectivity index is 2.25. The summed E-state index contributed by atoms with van der Waals surface area (Å²) in [5.41, 5.74) is 0. The van der Waals surface area contributed by atoms with Crippen molar-refractivity contribution in [3.8, 4) is 0 Å². The number of rotatable bonds is 1. The molecule has 1 saturated heterocycles. The molecule has 1 atom stereocenters. The molecule has 0 aromatic rings. The smallest absolute Gasteiger partial charge is 0.158 e. The zero-order chi connectivity index (χ0) is 6.15. The van der Waals surface area contributed by atoms with Crippen LogP contribution in [0.5, 0.6) is 0 Å². The fraction of sp³-hybridized carbons (Fsp3) is 1.00. The van der Waals surface area contributed by atoms with Crippen LogP contribution < -0.4 is 0 Å². The molecule has 2 N–H and O–H groups in total. The van der Waals surface area contributed by atoms with E-state index in [9.17, 15) is 4.21 Å². The Morgan fingerprint density at radius 1 is 1.62 bits per heavy atom. The zero-order valence-corrected chi connectivity index (χ0v) is 4.97. The van der Waals surface area contributed by atoms with Crippen molar-refractivity contribution in [1.29, 1.82) is 0 Å². The molecule has 48 valence electrons. The monoisotopic (exact) mass is 137 g/mol. The summed E-state index contributed by atoms with van der Waals surface area (Å²) in [4.78, 5) is 0. The fourth-order valence-electron chi connectivity index (χ4n) is 0.544. The second-order valence-electron chi connectivity index (χ2n) is 1.77. The Morgan fingerprint density at radius 3 is 2.25 bits per heavy atom. The van der Waals surface area contributed by atoms with Crippen LogP contribution in [0.15, 0.2) is 0 Å². The highest BCUT2D eigenvalue weighted by molar-refractivity contribution is 7.80. The van der Waals surface area contributed by atoms with Crippen LogP contribution in [0.25, 0.3) is 0 Å². The van der Waals surface area contributed by atoms with Gasteiger partial charge in [0.15, 0.2) is 11.1 Å². The van der Waals surface area contributed by atoms with Crippen molar-refractivity contribution in [2.45, 2.75) is 5.25 Å². The van der Waals surface area contributed by atoms with E-state index in [1.54, 1.807) is 0 Å². The van der Waals surface area contributed by atoms with Crippen molar-refractivity contribution in [3.05, 3.63) is 0 Å². The number of nitrogens with zero attached hydrogens (tertiary/aromatic N) is 1. The van der Waals surface area contributed by atoms with Gasteiger partial charge in [0.05, 0.1) is 5.25 Å². The summed E-state index contributed by atoms with van der Waals surface area (Å²) in [6, 6.07) is 0. The molecule has 1 unspecified atom stereocenters. The van der Waals surface area contributed by atoms with E-state index in [1.165, 1.54) is 0 Å². The van der Waals surface area contributed by atoms with Gasteiger partial charge in [-0.3, -0.25) is 0 Å². The molecule has 1 aliphatic heterocycles. The zero-order valence-electron chi connectivity index (χ0n) is 4.15. The summed E-state index contributed by atoms with van der Waals surface area (Å²) >= 11 is -1.75. The van der Waals surface area contributed by atoms with E-state index in [4.69, 9.17) is 9.76 Å². The van der Waals surface area contributed by atoms with E-state index in [-0.39, 0.29) is 5.25 Å². The lowest BCUT2D eigenvalue weighted by molar-refractivity contribution is -0.134. The largest absolute Gasteiger partial charge is 0.314 e. The van der Waals surface area contributed by atoms with Crippen LogP contribution in [0.3, 0.4) is 0 Å². The van der Waals surface area contributed by atoms with E-state index < -0.39 is 11.1 Å². The maximum Gasteiger partial charge on any atom is 0.158 e. The first kappa shape index (κ1) is 6.15. The van der Waals surface area contributed by atoms with Crippen LogP contribution in [-0.4, -0.2) is 37.4 Å². The summed E-state index contributed by atoms with van der Waals surface area (Å²) in [6.45, 7) is 0.645. The van der Waals surface area contributed by atoms with Gasteiger partial charge in [-0.1, -0.05) is 0 Å². The molecular weight excluding hydrogens is 130 g/mol. The van der Waals surface area contributed by atoms with Crippen LogP contribution in [-0.2, 0) is 11.1 Å². The van der Waals surface area contributed by atoms with Gasteiger partial charge in [-0.25, -0.2) is 4.21 Å². The van der Waals surface area contributed by atoms with Gasteiger partial charge in [0.2, 0.25) is 0 Å². The molecule has 5 heteroatoms. The first-order chi connectivity index (χ1) is 3.70. The average Bonchev–Trinajstić information content (AvgIpc) is 1.57. The predicted molar refractivity (Wildman–Crippen MR) is 27.9 cm³/mol. The highest BCUT2D eigenvalue weighted by Crippen LogP contribution is 2.08. The highest BCUT2D eigenvalue weighted by Gasteiger charge is 2.29. The van der Waals surface area contributed by atoms with Crippen molar-refractivity contribution in [2.75, 3.05) is 13.1 Å². The molecule has 1 aliphatic rings. The molecule has 0 saturated carbocycles. The average molecular weight is 137 g/mol. The minimum absolute atomic E-state index is 0.236. The summed E-state index contributed by atoms with van der Waals surface area (Å²) in [5, 5.41) is 9.23. The minimum Gasteiger partial charge on any atom is -0.314 e. The number of hydrogen-bond donors (Lipinski definition) is 2. The summed E-state index contributed by atoms with van der Waals surface area (Å²) < 4.78 is 18.4. The van der Waals surface area contributed by atoms with Crippen LogP contribution in [0.1, 0.15) is 0 Å². The Labute approximate surface area is 49.3 Å². The Kier molecular flexibility index (Phi) is 1.62. The highest BCUT2D eigenvalue weighted by atomic mass is 32.2. The quantitative estimate of drug-likeness (QED) is 0.468. The Morgan fingerprint density at radius 2 is 2.12 bits per heavy atom. The van der Waals surface area contributed by atoms with Gasteiger partial charge in [-0.15, -0.1) is 0 Å². The SMILES string of the molecule is O=S(O)C1CN(O)C1. The van der Waals surface area contributed by atoms with E-state index in [2.05, 4.69) is 0 Å². The van der Waals surface area contributed by atoms with E-state index in [1.807, 2.05) is 0 Å². The first-order valence-corrected chi connectivity index (χ1v) is 3.40. The fourth-order valence-corrected chi connectivity index (χ4v) is 1.14.